The molecule has 2 aromatic heterocycles. The van der Waals surface area contributed by atoms with Crippen LogP contribution in [0, 0.1) is 0 Å². The van der Waals surface area contributed by atoms with Crippen molar-refractivity contribution in [2.75, 3.05) is 0 Å². The number of nitrogens with zero attached hydrogens (tertiary/aromatic N) is 3. The Hall–Kier alpha value is -2.32. The van der Waals surface area contributed by atoms with E-state index in [-0.39, 0.29) is 23.6 Å². The molecule has 2 heterocycles. The van der Waals surface area contributed by atoms with E-state index in [9.17, 15) is 18.0 Å². The third-order valence-electron chi connectivity index (χ3n) is 3.33. The molecule has 1 aromatic carbocycles. The molecule has 0 bridgehead atoms. The number of carbonyl (C=O) groups excluding carboxylic acids is 1. The monoisotopic (exact) mass is 388 g/mol. The largest absolute Gasteiger partial charge is 0.417 e. The van der Waals surface area contributed by atoms with Crippen LogP contribution in [0.4, 0.5) is 13.2 Å². The van der Waals surface area contributed by atoms with Gasteiger partial charge in [0.1, 0.15) is 0 Å². The summed E-state index contributed by atoms with van der Waals surface area (Å²) in [4.78, 5) is 12.1. The minimum absolute atomic E-state index is 0.120. The van der Waals surface area contributed by atoms with Gasteiger partial charge in [-0.05, 0) is 30.3 Å². The highest BCUT2D eigenvalue weighted by Gasteiger charge is 2.31. The van der Waals surface area contributed by atoms with E-state index in [1.165, 1.54) is 28.7 Å². The summed E-state index contributed by atoms with van der Waals surface area (Å²) in [6, 6.07) is 6.45. The maximum atomic E-state index is 12.8. The standard InChI is InChI=1S/C15H9Cl2F3N4O/c16-10-3-8(4-11(17)5-10)14(25)21-6-13-23-22-12-2-1-9(7-24(12)13)15(18,19)20/h1-5,7H,6H2,(H,21,25). The molecule has 1 N–H and O–H groups in total. The SMILES string of the molecule is O=C(NCc1nnc2ccc(C(F)(F)F)cn12)c1cc(Cl)cc(Cl)c1. The molecule has 0 saturated heterocycles. The van der Waals surface area contributed by atoms with Gasteiger partial charge < -0.3 is 5.32 Å². The van der Waals surface area contributed by atoms with Crippen molar-refractivity contribution in [3.05, 3.63) is 63.5 Å². The molecule has 0 fully saturated rings. The van der Waals surface area contributed by atoms with Gasteiger partial charge in [0.25, 0.3) is 5.91 Å². The summed E-state index contributed by atoms with van der Waals surface area (Å²) in [6.45, 7) is -0.120. The predicted octanol–water partition coefficient (Wildman–Crippen LogP) is 3.98. The summed E-state index contributed by atoms with van der Waals surface area (Å²) in [7, 11) is 0. The van der Waals surface area contributed by atoms with Crippen LogP contribution in [0.5, 0.6) is 0 Å². The smallest absolute Gasteiger partial charge is 0.345 e. The maximum Gasteiger partial charge on any atom is 0.417 e. The molecule has 0 aliphatic heterocycles. The molecular weight excluding hydrogens is 380 g/mol. The molecule has 0 atom stereocenters. The molecule has 0 unspecified atom stereocenters. The molecule has 0 spiro atoms. The second kappa shape index (κ2) is 6.53. The molecule has 3 rings (SSSR count). The highest BCUT2D eigenvalue weighted by molar-refractivity contribution is 6.35. The first-order chi connectivity index (χ1) is 11.7. The number of aromatic nitrogens is 3. The Kier molecular flexibility index (Phi) is 4.57. The van der Waals surface area contributed by atoms with Crippen molar-refractivity contribution in [3.8, 4) is 0 Å². The van der Waals surface area contributed by atoms with E-state index in [4.69, 9.17) is 23.2 Å². The van der Waals surface area contributed by atoms with Crippen LogP contribution in [0.15, 0.2) is 36.5 Å². The van der Waals surface area contributed by atoms with Crippen LogP contribution in [-0.4, -0.2) is 20.5 Å². The molecule has 1 amide bonds. The first-order valence-corrected chi connectivity index (χ1v) is 7.65. The highest BCUT2D eigenvalue weighted by atomic mass is 35.5. The fourth-order valence-electron chi connectivity index (χ4n) is 2.17. The molecule has 0 aliphatic rings. The van der Waals surface area contributed by atoms with Crippen molar-refractivity contribution in [1.29, 1.82) is 0 Å². The number of hydrogen-bond acceptors (Lipinski definition) is 3. The number of rotatable bonds is 3. The van der Waals surface area contributed by atoms with Crippen molar-refractivity contribution in [1.82, 2.24) is 19.9 Å². The number of benzene rings is 1. The van der Waals surface area contributed by atoms with Crippen LogP contribution in [0.3, 0.4) is 0 Å². The van der Waals surface area contributed by atoms with E-state index >= 15 is 0 Å². The van der Waals surface area contributed by atoms with Gasteiger partial charge in [-0.1, -0.05) is 23.2 Å². The summed E-state index contributed by atoms with van der Waals surface area (Å²) < 4.78 is 39.6. The molecule has 130 valence electrons. The van der Waals surface area contributed by atoms with Gasteiger partial charge in [-0.25, -0.2) is 0 Å². The van der Waals surface area contributed by atoms with Crippen molar-refractivity contribution >= 4 is 34.8 Å². The Bertz CT molecular complexity index is 935. The fraction of sp³-hybridized carbons (Fsp3) is 0.133. The summed E-state index contributed by atoms with van der Waals surface area (Å²) in [6.07, 6.45) is -3.61. The van der Waals surface area contributed by atoms with Crippen LogP contribution < -0.4 is 5.32 Å². The Morgan fingerprint density at radius 1 is 1.12 bits per heavy atom. The average molecular weight is 389 g/mol. The lowest BCUT2D eigenvalue weighted by molar-refractivity contribution is -0.137. The molecule has 0 radical (unpaired) electrons. The summed E-state index contributed by atoms with van der Waals surface area (Å²) in [5.74, 6) is -0.337. The number of pyridine rings is 1. The van der Waals surface area contributed by atoms with Gasteiger partial charge in [-0.2, -0.15) is 13.2 Å². The minimum atomic E-state index is -4.49. The lowest BCUT2D eigenvalue weighted by Crippen LogP contribution is -2.24. The van der Waals surface area contributed by atoms with Gasteiger partial charge in [0.05, 0.1) is 12.1 Å². The van der Waals surface area contributed by atoms with Crippen LogP contribution in [0.25, 0.3) is 5.65 Å². The van der Waals surface area contributed by atoms with Crippen LogP contribution in [0.1, 0.15) is 21.7 Å². The van der Waals surface area contributed by atoms with E-state index in [0.29, 0.717) is 10.0 Å². The molecule has 3 aromatic rings. The number of nitrogens with one attached hydrogen (secondary N) is 1. The first kappa shape index (κ1) is 17.5. The topological polar surface area (TPSA) is 59.3 Å². The van der Waals surface area contributed by atoms with Gasteiger partial charge in [-0.15, -0.1) is 10.2 Å². The molecule has 0 aliphatic carbocycles. The van der Waals surface area contributed by atoms with Crippen LogP contribution >= 0.6 is 23.2 Å². The van der Waals surface area contributed by atoms with E-state index in [0.717, 1.165) is 12.3 Å². The quantitative estimate of drug-likeness (QED) is 0.737. The number of carbonyl (C=O) groups is 1. The molecule has 25 heavy (non-hydrogen) atoms. The Morgan fingerprint density at radius 3 is 2.44 bits per heavy atom. The second-order valence-corrected chi connectivity index (χ2v) is 5.97. The Morgan fingerprint density at radius 2 is 1.80 bits per heavy atom. The van der Waals surface area contributed by atoms with Crippen molar-refractivity contribution in [2.24, 2.45) is 0 Å². The van der Waals surface area contributed by atoms with Crippen LogP contribution in [-0.2, 0) is 12.7 Å². The minimum Gasteiger partial charge on any atom is -0.345 e. The van der Waals surface area contributed by atoms with Gasteiger partial charge in [0.15, 0.2) is 11.5 Å². The molecule has 10 heteroatoms. The first-order valence-electron chi connectivity index (χ1n) is 6.89. The van der Waals surface area contributed by atoms with E-state index < -0.39 is 17.6 Å². The lowest BCUT2D eigenvalue weighted by Gasteiger charge is -2.08. The average Bonchev–Trinajstić information content (AvgIpc) is 2.93. The zero-order chi connectivity index (χ0) is 18.2. The normalized spacial score (nSPS) is 11.7. The highest BCUT2D eigenvalue weighted by Crippen LogP contribution is 2.29. The summed E-state index contributed by atoms with van der Waals surface area (Å²) in [5.41, 5.74) is -0.376. The molecule has 0 saturated carbocycles. The fourth-order valence-corrected chi connectivity index (χ4v) is 2.70. The van der Waals surface area contributed by atoms with Gasteiger partial charge in [0.2, 0.25) is 0 Å². The number of hydrogen-bond donors (Lipinski definition) is 1. The predicted molar refractivity (Wildman–Crippen MR) is 85.6 cm³/mol. The lowest BCUT2D eigenvalue weighted by atomic mass is 10.2. The number of fused-ring (bicyclic) bond motifs is 1. The van der Waals surface area contributed by atoms with E-state index in [1.54, 1.807) is 0 Å². The van der Waals surface area contributed by atoms with Crippen LogP contribution in [0.2, 0.25) is 10.0 Å². The summed E-state index contributed by atoms with van der Waals surface area (Å²) >= 11 is 11.7. The van der Waals surface area contributed by atoms with Crippen molar-refractivity contribution in [2.45, 2.75) is 12.7 Å². The third kappa shape index (κ3) is 3.85. The second-order valence-electron chi connectivity index (χ2n) is 5.10. The zero-order valence-corrected chi connectivity index (χ0v) is 13.8. The van der Waals surface area contributed by atoms with Gasteiger partial charge >= 0.3 is 6.18 Å². The van der Waals surface area contributed by atoms with Crippen molar-refractivity contribution < 1.29 is 18.0 Å². The number of amides is 1. The molecular formula is C15H9Cl2F3N4O. The summed E-state index contributed by atoms with van der Waals surface area (Å²) in [5, 5.41) is 10.7. The van der Waals surface area contributed by atoms with Gasteiger partial charge in [0, 0.05) is 21.8 Å². The van der Waals surface area contributed by atoms with E-state index in [2.05, 4.69) is 15.5 Å². The number of alkyl halides is 3. The third-order valence-corrected chi connectivity index (χ3v) is 3.77. The van der Waals surface area contributed by atoms with Crippen molar-refractivity contribution in [3.63, 3.8) is 0 Å². The molecule has 5 nitrogen and oxygen atoms in total. The zero-order valence-electron chi connectivity index (χ0n) is 12.3. The van der Waals surface area contributed by atoms with E-state index in [1.807, 2.05) is 0 Å². The Balaban J connectivity index is 1.82. The Labute approximate surface area is 149 Å². The van der Waals surface area contributed by atoms with Gasteiger partial charge in [-0.3, -0.25) is 9.20 Å². The maximum absolute atomic E-state index is 12.8. The number of halogens is 5.